The van der Waals surface area contributed by atoms with Crippen molar-refractivity contribution in [3.8, 4) is 0 Å². The van der Waals surface area contributed by atoms with Crippen LogP contribution in [0, 0.1) is 6.92 Å². The zero-order valence-electron chi connectivity index (χ0n) is 11.9. The van der Waals surface area contributed by atoms with E-state index in [-0.39, 0.29) is 5.91 Å². The molecule has 0 saturated carbocycles. The number of carbonyl (C=O) groups excluding carboxylic acids is 1. The van der Waals surface area contributed by atoms with Crippen molar-refractivity contribution >= 4 is 16.9 Å². The second-order valence-corrected chi connectivity index (χ2v) is 4.85. The first kappa shape index (κ1) is 13.2. The van der Waals surface area contributed by atoms with Crippen molar-refractivity contribution in [2.24, 2.45) is 7.05 Å². The predicted molar refractivity (Wildman–Crippen MR) is 78.7 cm³/mol. The molecular weight excluding hydrogens is 266 g/mol. The topological polar surface area (TPSA) is 72.7 Å². The number of fused-ring (bicyclic) bond motifs is 1. The van der Waals surface area contributed by atoms with Gasteiger partial charge in [0.2, 0.25) is 0 Å². The van der Waals surface area contributed by atoms with Crippen LogP contribution >= 0.6 is 0 Å². The summed E-state index contributed by atoms with van der Waals surface area (Å²) < 4.78 is 2.04. The number of imidazole rings is 1. The highest BCUT2D eigenvalue weighted by atomic mass is 16.1. The van der Waals surface area contributed by atoms with Gasteiger partial charge in [0.05, 0.1) is 29.0 Å². The molecule has 0 saturated heterocycles. The molecule has 3 rings (SSSR count). The SMILES string of the molecule is Cc1nc2cc(CNC(=O)c3ccnnc3)ccc2n1C. The van der Waals surface area contributed by atoms with Gasteiger partial charge in [0.25, 0.3) is 5.91 Å². The molecule has 21 heavy (non-hydrogen) atoms. The van der Waals surface area contributed by atoms with Gasteiger partial charge >= 0.3 is 0 Å². The van der Waals surface area contributed by atoms with E-state index in [1.165, 1.54) is 12.4 Å². The Morgan fingerprint density at radius 2 is 2.14 bits per heavy atom. The van der Waals surface area contributed by atoms with Gasteiger partial charge in [-0.3, -0.25) is 4.79 Å². The van der Waals surface area contributed by atoms with Crippen molar-refractivity contribution in [1.29, 1.82) is 0 Å². The number of aryl methyl sites for hydroxylation is 2. The van der Waals surface area contributed by atoms with Crippen LogP contribution in [-0.4, -0.2) is 25.7 Å². The number of rotatable bonds is 3. The molecule has 0 unspecified atom stereocenters. The number of amides is 1. The van der Waals surface area contributed by atoms with Gasteiger partial charge in [-0.15, -0.1) is 0 Å². The molecule has 0 bridgehead atoms. The molecule has 0 spiro atoms. The summed E-state index contributed by atoms with van der Waals surface area (Å²) in [4.78, 5) is 16.4. The molecule has 6 heteroatoms. The van der Waals surface area contributed by atoms with E-state index >= 15 is 0 Å². The van der Waals surface area contributed by atoms with Gasteiger partial charge in [-0.25, -0.2) is 4.98 Å². The zero-order chi connectivity index (χ0) is 14.8. The number of nitrogens with one attached hydrogen (secondary N) is 1. The fourth-order valence-corrected chi connectivity index (χ4v) is 2.19. The molecule has 1 N–H and O–H groups in total. The molecule has 1 aromatic carbocycles. The van der Waals surface area contributed by atoms with Gasteiger partial charge in [-0.1, -0.05) is 6.07 Å². The minimum atomic E-state index is -0.165. The smallest absolute Gasteiger partial charge is 0.253 e. The number of hydrogen-bond acceptors (Lipinski definition) is 4. The second kappa shape index (κ2) is 5.32. The van der Waals surface area contributed by atoms with Crippen LogP contribution in [-0.2, 0) is 13.6 Å². The highest BCUT2D eigenvalue weighted by Gasteiger charge is 2.07. The van der Waals surface area contributed by atoms with Crippen molar-refractivity contribution in [3.63, 3.8) is 0 Å². The van der Waals surface area contributed by atoms with Crippen molar-refractivity contribution < 1.29 is 4.79 Å². The van der Waals surface area contributed by atoms with Crippen LogP contribution < -0.4 is 5.32 Å². The van der Waals surface area contributed by atoms with Gasteiger partial charge in [-0.05, 0) is 30.7 Å². The van der Waals surface area contributed by atoms with Crippen LogP contribution in [0.5, 0.6) is 0 Å². The predicted octanol–water partition coefficient (Wildman–Crippen LogP) is 1.60. The van der Waals surface area contributed by atoms with Gasteiger partial charge < -0.3 is 9.88 Å². The Balaban J connectivity index is 1.75. The summed E-state index contributed by atoms with van der Waals surface area (Å²) in [6.45, 7) is 2.42. The Kier molecular flexibility index (Phi) is 3.35. The van der Waals surface area contributed by atoms with E-state index in [1.54, 1.807) is 6.07 Å². The molecular formula is C15H15N5O. The Hall–Kier alpha value is -2.76. The molecule has 0 aliphatic rings. The van der Waals surface area contributed by atoms with E-state index in [2.05, 4.69) is 20.5 Å². The van der Waals surface area contributed by atoms with E-state index < -0.39 is 0 Å². The van der Waals surface area contributed by atoms with Crippen molar-refractivity contribution in [3.05, 3.63) is 53.6 Å². The molecule has 0 atom stereocenters. The number of hydrogen-bond donors (Lipinski definition) is 1. The number of aromatic nitrogens is 4. The lowest BCUT2D eigenvalue weighted by Crippen LogP contribution is -2.22. The van der Waals surface area contributed by atoms with E-state index in [4.69, 9.17) is 0 Å². The first-order valence-electron chi connectivity index (χ1n) is 6.62. The maximum absolute atomic E-state index is 11.9. The first-order valence-corrected chi connectivity index (χ1v) is 6.62. The Labute approximate surface area is 121 Å². The van der Waals surface area contributed by atoms with E-state index in [1.807, 2.05) is 36.7 Å². The van der Waals surface area contributed by atoms with Gasteiger partial charge in [-0.2, -0.15) is 10.2 Å². The van der Waals surface area contributed by atoms with Crippen LogP contribution in [0.2, 0.25) is 0 Å². The largest absolute Gasteiger partial charge is 0.348 e. The van der Waals surface area contributed by atoms with Crippen molar-refractivity contribution in [1.82, 2.24) is 25.1 Å². The van der Waals surface area contributed by atoms with Crippen LogP contribution in [0.1, 0.15) is 21.7 Å². The molecule has 106 valence electrons. The van der Waals surface area contributed by atoms with Crippen molar-refractivity contribution in [2.75, 3.05) is 0 Å². The van der Waals surface area contributed by atoms with Gasteiger partial charge in [0.1, 0.15) is 5.82 Å². The number of carbonyl (C=O) groups is 1. The second-order valence-electron chi connectivity index (χ2n) is 4.85. The summed E-state index contributed by atoms with van der Waals surface area (Å²) in [6.07, 6.45) is 2.94. The third-order valence-corrected chi connectivity index (χ3v) is 3.47. The number of nitrogens with zero attached hydrogens (tertiary/aromatic N) is 4. The van der Waals surface area contributed by atoms with Gasteiger partial charge in [0, 0.05) is 13.6 Å². The molecule has 0 fully saturated rings. The van der Waals surface area contributed by atoms with Gasteiger partial charge in [0.15, 0.2) is 0 Å². The van der Waals surface area contributed by atoms with Crippen LogP contribution in [0.4, 0.5) is 0 Å². The lowest BCUT2D eigenvalue weighted by molar-refractivity contribution is 0.0950. The highest BCUT2D eigenvalue weighted by Crippen LogP contribution is 2.16. The van der Waals surface area contributed by atoms with Crippen molar-refractivity contribution in [2.45, 2.75) is 13.5 Å². The average molecular weight is 281 g/mol. The van der Waals surface area contributed by atoms with E-state index in [0.717, 1.165) is 22.4 Å². The lowest BCUT2D eigenvalue weighted by atomic mass is 10.2. The lowest BCUT2D eigenvalue weighted by Gasteiger charge is -2.05. The molecule has 0 aliphatic carbocycles. The third-order valence-electron chi connectivity index (χ3n) is 3.47. The number of benzene rings is 1. The molecule has 6 nitrogen and oxygen atoms in total. The highest BCUT2D eigenvalue weighted by molar-refractivity contribution is 5.93. The molecule has 2 aromatic heterocycles. The van der Waals surface area contributed by atoms with E-state index in [9.17, 15) is 4.79 Å². The Morgan fingerprint density at radius 3 is 2.90 bits per heavy atom. The minimum absolute atomic E-state index is 0.165. The maximum Gasteiger partial charge on any atom is 0.253 e. The quantitative estimate of drug-likeness (QED) is 0.791. The summed E-state index contributed by atoms with van der Waals surface area (Å²) >= 11 is 0. The average Bonchev–Trinajstić information content (AvgIpc) is 2.80. The third kappa shape index (κ3) is 2.60. The minimum Gasteiger partial charge on any atom is -0.348 e. The summed E-state index contributed by atoms with van der Waals surface area (Å²) in [7, 11) is 1.99. The fourth-order valence-electron chi connectivity index (χ4n) is 2.19. The molecule has 3 aromatic rings. The maximum atomic E-state index is 11.9. The Bertz CT molecular complexity index is 794. The zero-order valence-corrected chi connectivity index (χ0v) is 11.9. The van der Waals surface area contributed by atoms with Crippen LogP contribution in [0.15, 0.2) is 36.7 Å². The van der Waals surface area contributed by atoms with Crippen LogP contribution in [0.3, 0.4) is 0 Å². The monoisotopic (exact) mass is 281 g/mol. The summed E-state index contributed by atoms with van der Waals surface area (Å²) in [5.74, 6) is 0.802. The summed E-state index contributed by atoms with van der Waals surface area (Å²) in [6, 6.07) is 7.64. The molecule has 0 aliphatic heterocycles. The van der Waals surface area contributed by atoms with E-state index in [0.29, 0.717) is 12.1 Å². The molecule has 0 radical (unpaired) electrons. The molecule has 1 amide bonds. The van der Waals surface area contributed by atoms with Crippen LogP contribution in [0.25, 0.3) is 11.0 Å². The molecule has 2 heterocycles. The normalized spacial score (nSPS) is 10.8. The fraction of sp³-hybridized carbons (Fsp3) is 0.200. The summed E-state index contributed by atoms with van der Waals surface area (Å²) in [5.41, 5.74) is 3.53. The first-order chi connectivity index (χ1) is 10.1. The Morgan fingerprint density at radius 1 is 1.29 bits per heavy atom. The summed E-state index contributed by atoms with van der Waals surface area (Å²) in [5, 5.41) is 10.2. The standard InChI is InChI=1S/C15H15N5O/c1-10-19-13-7-11(3-4-14(13)20(10)2)8-16-15(21)12-5-6-17-18-9-12/h3-7,9H,8H2,1-2H3,(H,16,21).